The van der Waals surface area contributed by atoms with Crippen molar-refractivity contribution in [3.63, 3.8) is 0 Å². The third-order valence-electron chi connectivity index (χ3n) is 16.2. The van der Waals surface area contributed by atoms with Crippen molar-refractivity contribution >= 4 is 0 Å². The van der Waals surface area contributed by atoms with Gasteiger partial charge in [0.15, 0.2) is 18.4 Å². The first-order valence-corrected chi connectivity index (χ1v) is 20.4. The average molecular weight is 757 g/mol. The van der Waals surface area contributed by atoms with Crippen LogP contribution in [0.1, 0.15) is 85.5 Å². The van der Waals surface area contributed by atoms with Gasteiger partial charge in [0.25, 0.3) is 0 Å². The third kappa shape index (κ3) is 6.11. The predicted octanol–water partition coefficient (Wildman–Crippen LogP) is 0.413. The quantitative estimate of drug-likeness (QED) is 0.173. The van der Waals surface area contributed by atoms with E-state index in [0.717, 1.165) is 51.4 Å². The lowest BCUT2D eigenvalue weighted by atomic mass is 9.44. The molecule has 1 spiro atoms. The minimum atomic E-state index is -1.72. The van der Waals surface area contributed by atoms with Crippen molar-refractivity contribution in [2.24, 2.45) is 52.3 Å². The van der Waals surface area contributed by atoms with Gasteiger partial charge in [0.2, 0.25) is 0 Å². The van der Waals surface area contributed by atoms with Crippen LogP contribution in [0.4, 0.5) is 0 Å². The van der Waals surface area contributed by atoms with E-state index < -0.39 is 86.5 Å². The lowest BCUT2D eigenvalue weighted by Gasteiger charge is -2.61. The molecular formula is C39H64O14. The number of fused-ring (bicyclic) bond motifs is 7. The second kappa shape index (κ2) is 14.4. The summed E-state index contributed by atoms with van der Waals surface area (Å²) in [5.74, 6) is 2.05. The van der Waals surface area contributed by atoms with Crippen LogP contribution in [-0.4, -0.2) is 146 Å². The van der Waals surface area contributed by atoms with Crippen LogP contribution in [0.2, 0.25) is 0 Å². The molecule has 0 aromatic carbocycles. The molecule has 0 radical (unpaired) electrons. The van der Waals surface area contributed by atoms with Gasteiger partial charge in [-0.15, -0.1) is 0 Å². The highest BCUT2D eigenvalue weighted by Crippen LogP contribution is 2.71. The highest BCUT2D eigenvalue weighted by atomic mass is 16.8. The first kappa shape index (κ1) is 39.3. The number of hydrogen-bond acceptors (Lipinski definition) is 14. The summed E-state index contributed by atoms with van der Waals surface area (Å²) in [6, 6.07) is 0. The number of hydrogen-bond donors (Lipinski definition) is 8. The maximum absolute atomic E-state index is 11.2. The van der Waals surface area contributed by atoms with Crippen LogP contribution in [0.25, 0.3) is 0 Å². The molecular weight excluding hydrogens is 692 g/mol. The molecule has 0 bridgehead atoms. The maximum Gasteiger partial charge on any atom is 0.197 e. The van der Waals surface area contributed by atoms with Gasteiger partial charge in [0.1, 0.15) is 54.9 Å². The molecule has 4 saturated heterocycles. The molecule has 8 rings (SSSR count). The average Bonchev–Trinajstić information content (AvgIpc) is 3.59. The molecule has 304 valence electrons. The topological polar surface area (TPSA) is 217 Å². The second-order valence-electron chi connectivity index (χ2n) is 18.8. The molecule has 0 unspecified atom stereocenters. The molecule has 8 fully saturated rings. The Hall–Kier alpha value is -0.560. The molecule has 8 N–H and O–H groups in total. The number of rotatable bonds is 6. The molecule has 14 nitrogen and oxygen atoms in total. The first-order chi connectivity index (χ1) is 25.2. The van der Waals surface area contributed by atoms with Crippen LogP contribution in [0.15, 0.2) is 0 Å². The lowest BCUT2D eigenvalue weighted by molar-refractivity contribution is -0.373. The largest absolute Gasteiger partial charge is 0.394 e. The van der Waals surface area contributed by atoms with E-state index in [9.17, 15) is 40.9 Å². The fourth-order valence-corrected chi connectivity index (χ4v) is 13.3. The molecule has 0 aromatic heterocycles. The Labute approximate surface area is 312 Å². The molecule has 0 amide bonds. The Balaban J connectivity index is 0.945. The Morgan fingerprint density at radius 1 is 0.679 bits per heavy atom. The molecule has 4 aliphatic carbocycles. The highest BCUT2D eigenvalue weighted by molar-refractivity contribution is 5.16. The predicted molar refractivity (Wildman–Crippen MR) is 184 cm³/mol. The van der Waals surface area contributed by atoms with Crippen LogP contribution in [0, 0.1) is 52.3 Å². The van der Waals surface area contributed by atoms with Crippen LogP contribution >= 0.6 is 0 Å². The van der Waals surface area contributed by atoms with Gasteiger partial charge in [-0.25, -0.2) is 0 Å². The standard InChI is InChI=1S/C39H64O14/c1-17-11-27(42)39(48-16-17)18(2)28-24(53-39)13-23-21-6-5-19-12-20(7-9-37(19,3)22(21)8-10-38(23,28)4)49-36-34(32(46)30(44)26(15-41)51-36)52-35-33(47)31(45)29(43)25(14-40)50-35/h17-36,40-47H,5-16H2,1-4H3/t17-,18+,19-,20-,21-,22+,23-,24+,25-,26-,27+,28+,29+,30-,31+,32+,33-,34-,35+,36-,37-,38-,39+/m1/s1. The summed E-state index contributed by atoms with van der Waals surface area (Å²) < 4.78 is 37.2. The Bertz CT molecular complexity index is 1310. The summed E-state index contributed by atoms with van der Waals surface area (Å²) >= 11 is 0. The normalized spacial score (nSPS) is 59.5. The Morgan fingerprint density at radius 3 is 2.06 bits per heavy atom. The van der Waals surface area contributed by atoms with Crippen molar-refractivity contribution in [3.8, 4) is 0 Å². The third-order valence-corrected chi connectivity index (χ3v) is 16.2. The zero-order chi connectivity index (χ0) is 37.8. The van der Waals surface area contributed by atoms with Gasteiger partial charge in [-0.1, -0.05) is 27.7 Å². The van der Waals surface area contributed by atoms with Crippen LogP contribution < -0.4 is 0 Å². The second-order valence-corrected chi connectivity index (χ2v) is 18.8. The van der Waals surface area contributed by atoms with E-state index in [-0.39, 0.29) is 29.0 Å². The van der Waals surface area contributed by atoms with E-state index in [2.05, 4.69) is 27.7 Å². The molecule has 53 heavy (non-hydrogen) atoms. The van der Waals surface area contributed by atoms with Gasteiger partial charge in [-0.05, 0) is 104 Å². The summed E-state index contributed by atoms with van der Waals surface area (Å²) in [7, 11) is 0. The summed E-state index contributed by atoms with van der Waals surface area (Å²) in [6.45, 7) is 8.73. The SMILES string of the molecule is C[C@H]1CO[C@@]2(O[C@H]3C[C@@H]4[C@@H]5CC[C@@H]6C[C@H](O[C@@H]7O[C@H](CO)[C@@H](O)[C@H](O)[C@H]7O[C@@H]7O[C@H](CO)[C@H](O)[C@H](O)[C@H]7O)CC[C@@]6(C)[C@H]5CC[C@@]4(C)[C@H]3[C@@H]2C)[C@@H](O)C1. The van der Waals surface area contributed by atoms with Gasteiger partial charge in [0, 0.05) is 5.92 Å². The first-order valence-electron chi connectivity index (χ1n) is 20.4. The minimum absolute atomic E-state index is 0.0988. The number of ether oxygens (including phenoxy) is 6. The molecule has 0 aromatic rings. The van der Waals surface area contributed by atoms with Crippen molar-refractivity contribution in [1.29, 1.82) is 0 Å². The maximum atomic E-state index is 11.2. The fraction of sp³-hybridized carbons (Fsp3) is 1.00. The van der Waals surface area contributed by atoms with Gasteiger partial charge in [0.05, 0.1) is 32.0 Å². The zero-order valence-electron chi connectivity index (χ0n) is 31.6. The highest BCUT2D eigenvalue weighted by Gasteiger charge is 2.71. The fourth-order valence-electron chi connectivity index (χ4n) is 13.3. The van der Waals surface area contributed by atoms with Crippen molar-refractivity contribution < 1.29 is 69.3 Å². The molecule has 4 saturated carbocycles. The zero-order valence-corrected chi connectivity index (χ0v) is 31.6. The summed E-state index contributed by atoms with van der Waals surface area (Å²) in [5.41, 5.74) is 0.255. The van der Waals surface area contributed by atoms with Gasteiger partial charge in [-0.3, -0.25) is 0 Å². The van der Waals surface area contributed by atoms with E-state index in [0.29, 0.717) is 48.5 Å². The van der Waals surface area contributed by atoms with E-state index >= 15 is 0 Å². The lowest BCUT2D eigenvalue weighted by Crippen LogP contribution is -2.65. The molecule has 8 aliphatic rings. The van der Waals surface area contributed by atoms with E-state index in [1.807, 2.05) is 0 Å². The number of aliphatic hydroxyl groups is 8. The van der Waals surface area contributed by atoms with Gasteiger partial charge >= 0.3 is 0 Å². The van der Waals surface area contributed by atoms with Gasteiger partial charge < -0.3 is 69.3 Å². The molecule has 14 heteroatoms. The van der Waals surface area contributed by atoms with E-state index in [1.54, 1.807) is 0 Å². The summed E-state index contributed by atoms with van der Waals surface area (Å²) in [6.07, 6.45) is -6.75. The monoisotopic (exact) mass is 756 g/mol. The van der Waals surface area contributed by atoms with Crippen LogP contribution in [0.5, 0.6) is 0 Å². The van der Waals surface area contributed by atoms with E-state index in [4.69, 9.17) is 28.4 Å². The van der Waals surface area contributed by atoms with Crippen LogP contribution in [0.3, 0.4) is 0 Å². The van der Waals surface area contributed by atoms with Crippen LogP contribution in [-0.2, 0) is 28.4 Å². The minimum Gasteiger partial charge on any atom is -0.394 e. The smallest absolute Gasteiger partial charge is 0.197 e. The summed E-state index contributed by atoms with van der Waals surface area (Å²) in [4.78, 5) is 0. The van der Waals surface area contributed by atoms with Crippen molar-refractivity contribution in [2.45, 2.75) is 171 Å². The Kier molecular flexibility index (Phi) is 10.6. The van der Waals surface area contributed by atoms with Crippen molar-refractivity contribution in [2.75, 3.05) is 19.8 Å². The molecule has 23 atom stereocenters. The Morgan fingerprint density at radius 2 is 1.36 bits per heavy atom. The molecule has 4 aliphatic heterocycles. The van der Waals surface area contributed by atoms with Gasteiger partial charge in [-0.2, -0.15) is 0 Å². The molecule has 4 heterocycles. The van der Waals surface area contributed by atoms with Crippen molar-refractivity contribution in [1.82, 2.24) is 0 Å². The van der Waals surface area contributed by atoms with E-state index in [1.165, 1.54) is 0 Å². The van der Waals surface area contributed by atoms with Crippen molar-refractivity contribution in [3.05, 3.63) is 0 Å². The number of aliphatic hydroxyl groups excluding tert-OH is 8. The summed E-state index contributed by atoms with van der Waals surface area (Å²) in [5, 5.41) is 83.9.